The van der Waals surface area contributed by atoms with Gasteiger partial charge in [0.15, 0.2) is 0 Å². The Labute approximate surface area is 187 Å². The molecule has 7 rings (SSSR count). The van der Waals surface area contributed by atoms with E-state index in [-0.39, 0.29) is 0 Å². The summed E-state index contributed by atoms with van der Waals surface area (Å²) in [6.07, 6.45) is 0. The lowest BCUT2D eigenvalue weighted by Crippen LogP contribution is -2.01. The summed E-state index contributed by atoms with van der Waals surface area (Å²) in [6.45, 7) is 0. The number of hydrogen-bond acceptors (Lipinski definition) is 1. The maximum atomic E-state index is 3.71. The molecule has 0 saturated carbocycles. The number of anilines is 2. The Kier molecular flexibility index (Phi) is 3.44. The molecule has 0 bridgehead atoms. The Hall–Kier alpha value is -3.56. The number of fused-ring (bicyclic) bond motifs is 5. The fraction of sp³-hybridized carbons (Fsp3) is 0. The summed E-state index contributed by atoms with van der Waals surface area (Å²) in [5.41, 5.74) is 8.45. The van der Waals surface area contributed by atoms with E-state index in [2.05, 4.69) is 123 Å². The molecule has 0 atom stereocenters. The van der Waals surface area contributed by atoms with Gasteiger partial charge in [0.2, 0.25) is 0 Å². The Bertz CT molecular complexity index is 1660. The Morgan fingerprint density at radius 2 is 1.42 bits per heavy atom. The molecule has 1 aromatic heterocycles. The van der Waals surface area contributed by atoms with Crippen molar-refractivity contribution in [1.82, 2.24) is 4.57 Å². The van der Waals surface area contributed by atoms with Crippen molar-refractivity contribution in [3.8, 4) is 16.8 Å². The first kappa shape index (κ1) is 17.2. The summed E-state index contributed by atoms with van der Waals surface area (Å²) in [4.78, 5) is 0. The van der Waals surface area contributed by atoms with Crippen molar-refractivity contribution in [2.75, 3.05) is 5.32 Å². The van der Waals surface area contributed by atoms with Crippen LogP contribution in [0.5, 0.6) is 0 Å². The van der Waals surface area contributed by atoms with Gasteiger partial charge in [-0.05, 0) is 59.5 Å². The number of para-hydroxylation sites is 1. The molecule has 0 saturated heterocycles. The zero-order chi connectivity index (χ0) is 20.5. The molecule has 3 heteroatoms. The third-order valence-corrected chi connectivity index (χ3v) is 6.84. The van der Waals surface area contributed by atoms with Crippen LogP contribution in [0, 0.1) is 0 Å². The van der Waals surface area contributed by atoms with E-state index in [4.69, 9.17) is 0 Å². The number of hydrogen-bond donors (Lipinski definition) is 1. The zero-order valence-electron chi connectivity index (χ0n) is 16.6. The van der Waals surface area contributed by atoms with Gasteiger partial charge in [0.1, 0.15) is 0 Å². The molecule has 146 valence electrons. The van der Waals surface area contributed by atoms with Crippen LogP contribution < -0.4 is 5.32 Å². The predicted molar refractivity (Wildman–Crippen MR) is 135 cm³/mol. The molecule has 2 heterocycles. The Morgan fingerprint density at radius 1 is 0.613 bits per heavy atom. The van der Waals surface area contributed by atoms with E-state index in [1.54, 1.807) is 0 Å². The van der Waals surface area contributed by atoms with Gasteiger partial charge in [-0.15, -0.1) is 0 Å². The summed E-state index contributed by atoms with van der Waals surface area (Å²) in [5.74, 6) is 0. The molecule has 2 nitrogen and oxygen atoms in total. The van der Waals surface area contributed by atoms with Crippen molar-refractivity contribution in [2.45, 2.75) is 0 Å². The monoisotopic (exact) mass is 460 g/mol. The molecule has 0 amide bonds. The molecule has 0 fully saturated rings. The number of rotatable bonds is 1. The van der Waals surface area contributed by atoms with Crippen molar-refractivity contribution < 1.29 is 0 Å². The number of benzene rings is 5. The minimum Gasteiger partial charge on any atom is -0.354 e. The first-order chi connectivity index (χ1) is 15.3. The van der Waals surface area contributed by atoms with Crippen molar-refractivity contribution in [3.63, 3.8) is 0 Å². The van der Waals surface area contributed by atoms with Crippen LogP contribution in [0.15, 0.2) is 102 Å². The van der Waals surface area contributed by atoms with Crippen LogP contribution in [0.1, 0.15) is 0 Å². The second-order valence-corrected chi connectivity index (χ2v) is 9.00. The molecule has 1 aliphatic rings. The maximum absolute atomic E-state index is 3.71. The van der Waals surface area contributed by atoms with Crippen molar-refractivity contribution in [3.05, 3.63) is 102 Å². The van der Waals surface area contributed by atoms with Gasteiger partial charge in [-0.25, -0.2) is 0 Å². The first-order valence-corrected chi connectivity index (χ1v) is 11.2. The average molecular weight is 461 g/mol. The van der Waals surface area contributed by atoms with Crippen molar-refractivity contribution >= 4 is 59.9 Å². The second-order valence-electron chi connectivity index (χ2n) is 8.08. The van der Waals surface area contributed by atoms with Gasteiger partial charge in [0.25, 0.3) is 0 Å². The molecule has 0 spiro atoms. The van der Waals surface area contributed by atoms with Crippen LogP contribution in [0.3, 0.4) is 0 Å². The number of aromatic nitrogens is 1. The smallest absolute Gasteiger partial charge is 0.0562 e. The highest BCUT2D eigenvalue weighted by Gasteiger charge is 2.21. The minimum atomic E-state index is 1.09. The maximum Gasteiger partial charge on any atom is 0.0562 e. The molecular weight excluding hydrogens is 444 g/mol. The highest BCUT2D eigenvalue weighted by molar-refractivity contribution is 9.10. The summed E-state index contributed by atoms with van der Waals surface area (Å²) < 4.78 is 3.45. The Morgan fingerprint density at radius 3 is 2.29 bits per heavy atom. The van der Waals surface area contributed by atoms with Gasteiger partial charge < -0.3 is 9.88 Å². The van der Waals surface area contributed by atoms with E-state index < -0.39 is 0 Å². The van der Waals surface area contributed by atoms with Crippen LogP contribution in [0.25, 0.3) is 49.4 Å². The van der Waals surface area contributed by atoms with E-state index >= 15 is 0 Å². The molecule has 1 N–H and O–H groups in total. The fourth-order valence-electron chi connectivity index (χ4n) is 5.03. The average Bonchev–Trinajstić information content (AvgIpc) is 3.11. The van der Waals surface area contributed by atoms with E-state index in [0.717, 1.165) is 10.2 Å². The van der Waals surface area contributed by atoms with Gasteiger partial charge in [0.05, 0.1) is 11.0 Å². The van der Waals surface area contributed by atoms with Crippen LogP contribution in [-0.2, 0) is 0 Å². The number of nitrogens with zero attached hydrogens (tertiary/aromatic N) is 1. The van der Waals surface area contributed by atoms with Crippen LogP contribution in [-0.4, -0.2) is 4.57 Å². The zero-order valence-corrected chi connectivity index (χ0v) is 18.1. The van der Waals surface area contributed by atoms with Gasteiger partial charge in [0, 0.05) is 43.3 Å². The predicted octanol–water partition coefficient (Wildman–Crippen LogP) is 8.42. The van der Waals surface area contributed by atoms with E-state index in [9.17, 15) is 0 Å². The van der Waals surface area contributed by atoms with Crippen LogP contribution in [0.4, 0.5) is 11.4 Å². The fourth-order valence-corrected chi connectivity index (χ4v) is 5.39. The normalized spacial score (nSPS) is 12.3. The molecule has 5 aromatic carbocycles. The molecule has 0 radical (unpaired) electrons. The second kappa shape index (κ2) is 6.22. The number of nitrogens with one attached hydrogen (secondary N) is 1. The van der Waals surface area contributed by atoms with Crippen molar-refractivity contribution in [1.29, 1.82) is 0 Å². The van der Waals surface area contributed by atoms with Crippen LogP contribution in [0.2, 0.25) is 0 Å². The lowest BCUT2D eigenvalue weighted by atomic mass is 9.91. The van der Waals surface area contributed by atoms with Gasteiger partial charge in [-0.1, -0.05) is 64.5 Å². The molecular formula is C28H17BrN2. The third-order valence-electron chi connectivity index (χ3n) is 6.35. The summed E-state index contributed by atoms with van der Waals surface area (Å²) in [5, 5.41) is 8.78. The highest BCUT2D eigenvalue weighted by atomic mass is 79.9. The van der Waals surface area contributed by atoms with Gasteiger partial charge in [-0.3, -0.25) is 0 Å². The first-order valence-electron chi connectivity index (χ1n) is 10.4. The highest BCUT2D eigenvalue weighted by Crippen LogP contribution is 2.47. The van der Waals surface area contributed by atoms with Gasteiger partial charge >= 0.3 is 0 Å². The van der Waals surface area contributed by atoms with Crippen LogP contribution >= 0.6 is 15.9 Å². The summed E-state index contributed by atoms with van der Waals surface area (Å²) >= 11 is 3.68. The van der Waals surface area contributed by atoms with E-state index in [1.165, 1.54) is 55.1 Å². The molecule has 31 heavy (non-hydrogen) atoms. The number of halogens is 1. The molecule has 6 aromatic rings. The Balaban J connectivity index is 1.64. The standard InChI is InChI=1S/C28H17BrN2/c29-18-12-13-26-22(14-18)23-15-21-20-10-4-6-17-7-5-11-24(28(17)20)30-25(21)16-27(23)31(26)19-8-2-1-3-9-19/h1-16,30H. The summed E-state index contributed by atoms with van der Waals surface area (Å²) in [7, 11) is 0. The topological polar surface area (TPSA) is 17.0 Å². The molecule has 1 aliphatic heterocycles. The lowest BCUT2D eigenvalue weighted by molar-refractivity contribution is 1.18. The van der Waals surface area contributed by atoms with E-state index in [0.29, 0.717) is 0 Å². The summed E-state index contributed by atoms with van der Waals surface area (Å²) in [6, 6.07) is 34.9. The lowest BCUT2D eigenvalue weighted by Gasteiger charge is -2.23. The quantitative estimate of drug-likeness (QED) is 0.260. The SMILES string of the molecule is Brc1ccc2c(c1)c1cc3c(cc1n2-c1ccccc1)Nc1cccc2cccc-3c12. The van der Waals surface area contributed by atoms with Gasteiger partial charge in [-0.2, -0.15) is 0 Å². The molecule has 0 unspecified atom stereocenters. The largest absolute Gasteiger partial charge is 0.354 e. The van der Waals surface area contributed by atoms with Crippen molar-refractivity contribution in [2.24, 2.45) is 0 Å². The third kappa shape index (κ3) is 2.38. The molecule has 0 aliphatic carbocycles. The minimum absolute atomic E-state index is 1.09. The van der Waals surface area contributed by atoms with E-state index in [1.807, 2.05) is 0 Å².